The molecule has 0 aromatic carbocycles. The summed E-state index contributed by atoms with van der Waals surface area (Å²) < 4.78 is 0. The van der Waals surface area contributed by atoms with E-state index in [1.54, 1.807) is 36.9 Å². The van der Waals surface area contributed by atoms with Crippen molar-refractivity contribution in [3.63, 3.8) is 0 Å². The first kappa shape index (κ1) is 16.7. The van der Waals surface area contributed by atoms with E-state index in [1.807, 2.05) is 21.9 Å². The highest BCUT2D eigenvalue weighted by molar-refractivity contribution is 5.94. The molecule has 0 aliphatic carbocycles. The van der Waals surface area contributed by atoms with Gasteiger partial charge in [-0.25, -0.2) is 0 Å². The van der Waals surface area contributed by atoms with Crippen LogP contribution in [0.25, 0.3) is 0 Å². The minimum atomic E-state index is -0.119. The highest BCUT2D eigenvalue weighted by atomic mass is 16.2. The zero-order chi connectivity index (χ0) is 18.0. The summed E-state index contributed by atoms with van der Waals surface area (Å²) in [6, 6.07) is 7.50. The molecule has 2 amide bonds. The van der Waals surface area contributed by atoms with Gasteiger partial charge in [0, 0.05) is 56.4 Å². The molecular weight excluding hydrogens is 328 g/mol. The number of aromatic nitrogens is 2. The number of hydrogen-bond donors (Lipinski definition) is 0. The SMILES string of the molecule is O=C(c1cccnc1)N1CCC2(CCC(=O)N2Cc2ccncc2)CC1. The maximum atomic E-state index is 12.6. The third-order valence-electron chi connectivity index (χ3n) is 5.66. The first-order valence-electron chi connectivity index (χ1n) is 9.07. The normalized spacial score (nSPS) is 19.2. The number of carbonyl (C=O) groups is 2. The van der Waals surface area contributed by atoms with Crippen LogP contribution in [0.2, 0.25) is 0 Å². The molecule has 134 valence electrons. The quantitative estimate of drug-likeness (QED) is 0.852. The zero-order valence-electron chi connectivity index (χ0n) is 14.7. The molecule has 6 nitrogen and oxygen atoms in total. The van der Waals surface area contributed by atoms with Crippen LogP contribution in [-0.4, -0.2) is 50.2 Å². The second kappa shape index (κ2) is 6.86. The minimum Gasteiger partial charge on any atom is -0.338 e. The van der Waals surface area contributed by atoms with Crippen LogP contribution in [0.15, 0.2) is 49.1 Å². The lowest BCUT2D eigenvalue weighted by atomic mass is 9.84. The van der Waals surface area contributed by atoms with Crippen molar-refractivity contribution in [1.82, 2.24) is 19.8 Å². The van der Waals surface area contributed by atoms with Gasteiger partial charge in [0.15, 0.2) is 0 Å². The second-order valence-electron chi connectivity index (χ2n) is 7.09. The van der Waals surface area contributed by atoms with Crippen LogP contribution >= 0.6 is 0 Å². The molecule has 1 spiro atoms. The van der Waals surface area contributed by atoms with E-state index in [9.17, 15) is 9.59 Å². The topological polar surface area (TPSA) is 66.4 Å². The summed E-state index contributed by atoms with van der Waals surface area (Å²) in [6.07, 6.45) is 9.94. The summed E-state index contributed by atoms with van der Waals surface area (Å²) in [5.74, 6) is 0.242. The van der Waals surface area contributed by atoms with Gasteiger partial charge in [-0.05, 0) is 49.1 Å². The van der Waals surface area contributed by atoms with Crippen LogP contribution in [-0.2, 0) is 11.3 Å². The highest BCUT2D eigenvalue weighted by Crippen LogP contribution is 2.40. The maximum absolute atomic E-state index is 12.6. The van der Waals surface area contributed by atoms with E-state index in [0.717, 1.165) is 24.8 Å². The van der Waals surface area contributed by atoms with Crippen LogP contribution in [0.1, 0.15) is 41.6 Å². The molecular formula is C20H22N4O2. The van der Waals surface area contributed by atoms with Crippen LogP contribution in [0.5, 0.6) is 0 Å². The summed E-state index contributed by atoms with van der Waals surface area (Å²) in [7, 11) is 0. The predicted octanol–water partition coefficient (Wildman–Crippen LogP) is 2.27. The predicted molar refractivity (Wildman–Crippen MR) is 96.1 cm³/mol. The lowest BCUT2D eigenvalue weighted by molar-refractivity contribution is -0.133. The van der Waals surface area contributed by atoms with Gasteiger partial charge in [-0.15, -0.1) is 0 Å². The van der Waals surface area contributed by atoms with E-state index in [2.05, 4.69) is 9.97 Å². The lowest BCUT2D eigenvalue weighted by Gasteiger charge is -2.45. The highest BCUT2D eigenvalue weighted by Gasteiger charge is 2.47. The fraction of sp³-hybridized carbons (Fsp3) is 0.400. The van der Waals surface area contributed by atoms with Crippen molar-refractivity contribution in [2.24, 2.45) is 0 Å². The van der Waals surface area contributed by atoms with Crippen molar-refractivity contribution in [2.45, 2.75) is 37.8 Å². The van der Waals surface area contributed by atoms with Crippen molar-refractivity contribution in [1.29, 1.82) is 0 Å². The molecule has 0 atom stereocenters. The van der Waals surface area contributed by atoms with E-state index in [0.29, 0.717) is 31.6 Å². The largest absolute Gasteiger partial charge is 0.338 e. The number of rotatable bonds is 3. The molecule has 2 aromatic rings. The Kier molecular flexibility index (Phi) is 4.41. The third kappa shape index (κ3) is 3.07. The smallest absolute Gasteiger partial charge is 0.255 e. The Hall–Kier alpha value is -2.76. The molecule has 0 unspecified atom stereocenters. The molecule has 0 saturated carbocycles. The van der Waals surface area contributed by atoms with Gasteiger partial charge in [0.25, 0.3) is 5.91 Å². The molecule has 6 heteroatoms. The molecule has 0 bridgehead atoms. The van der Waals surface area contributed by atoms with Crippen LogP contribution in [0, 0.1) is 0 Å². The molecule has 4 heterocycles. The minimum absolute atomic E-state index is 0.0259. The van der Waals surface area contributed by atoms with Crippen LogP contribution in [0.3, 0.4) is 0 Å². The van der Waals surface area contributed by atoms with E-state index in [-0.39, 0.29) is 17.4 Å². The van der Waals surface area contributed by atoms with Gasteiger partial charge in [0.05, 0.1) is 5.56 Å². The van der Waals surface area contributed by atoms with E-state index < -0.39 is 0 Å². The summed E-state index contributed by atoms with van der Waals surface area (Å²) in [4.78, 5) is 37.2. The number of hydrogen-bond acceptors (Lipinski definition) is 4. The molecule has 2 fully saturated rings. The van der Waals surface area contributed by atoms with Gasteiger partial charge in [0.1, 0.15) is 0 Å². The number of piperidine rings is 1. The standard InChI is InChI=1S/C20H22N4O2/c25-18-3-6-20(24(18)15-16-4-10-21-11-5-16)7-12-23(13-8-20)19(26)17-2-1-9-22-14-17/h1-2,4-5,9-11,14H,3,6-8,12-13,15H2. The first-order valence-corrected chi connectivity index (χ1v) is 9.07. The van der Waals surface area contributed by atoms with Crippen LogP contribution < -0.4 is 0 Å². The number of pyridine rings is 2. The number of likely N-dealkylation sites (tertiary alicyclic amines) is 2. The Morgan fingerprint density at radius 1 is 1.04 bits per heavy atom. The Labute approximate surface area is 152 Å². The van der Waals surface area contributed by atoms with Crippen molar-refractivity contribution in [3.8, 4) is 0 Å². The Bertz CT molecular complexity index is 786. The fourth-order valence-corrected chi connectivity index (χ4v) is 4.12. The number of carbonyl (C=O) groups excluding carboxylic acids is 2. The number of nitrogens with zero attached hydrogens (tertiary/aromatic N) is 4. The first-order chi connectivity index (χ1) is 12.7. The Morgan fingerprint density at radius 2 is 1.81 bits per heavy atom. The average molecular weight is 350 g/mol. The van der Waals surface area contributed by atoms with Crippen molar-refractivity contribution >= 4 is 11.8 Å². The Balaban J connectivity index is 1.46. The molecule has 4 rings (SSSR count). The monoisotopic (exact) mass is 350 g/mol. The lowest BCUT2D eigenvalue weighted by Crippen LogP contribution is -2.53. The van der Waals surface area contributed by atoms with E-state index in [4.69, 9.17) is 0 Å². The van der Waals surface area contributed by atoms with Gasteiger partial charge in [-0.1, -0.05) is 0 Å². The Morgan fingerprint density at radius 3 is 2.50 bits per heavy atom. The third-order valence-corrected chi connectivity index (χ3v) is 5.66. The van der Waals surface area contributed by atoms with Crippen molar-refractivity contribution < 1.29 is 9.59 Å². The maximum Gasteiger partial charge on any atom is 0.255 e. The second-order valence-corrected chi connectivity index (χ2v) is 7.09. The summed E-state index contributed by atoms with van der Waals surface area (Å²) in [5, 5.41) is 0. The summed E-state index contributed by atoms with van der Waals surface area (Å²) in [5.41, 5.74) is 1.61. The van der Waals surface area contributed by atoms with Gasteiger partial charge < -0.3 is 9.80 Å². The molecule has 2 aliphatic rings. The van der Waals surface area contributed by atoms with Gasteiger partial charge in [-0.2, -0.15) is 0 Å². The van der Waals surface area contributed by atoms with Crippen LogP contribution in [0.4, 0.5) is 0 Å². The van der Waals surface area contributed by atoms with Crippen molar-refractivity contribution in [2.75, 3.05) is 13.1 Å². The van der Waals surface area contributed by atoms with E-state index >= 15 is 0 Å². The molecule has 2 aromatic heterocycles. The number of amides is 2. The fourth-order valence-electron chi connectivity index (χ4n) is 4.12. The molecule has 0 radical (unpaired) electrons. The van der Waals surface area contributed by atoms with Gasteiger partial charge in [0.2, 0.25) is 5.91 Å². The molecule has 2 aliphatic heterocycles. The molecule has 2 saturated heterocycles. The van der Waals surface area contributed by atoms with Gasteiger partial charge in [-0.3, -0.25) is 19.6 Å². The zero-order valence-corrected chi connectivity index (χ0v) is 14.7. The van der Waals surface area contributed by atoms with Crippen molar-refractivity contribution in [3.05, 3.63) is 60.2 Å². The molecule has 0 N–H and O–H groups in total. The average Bonchev–Trinajstić information content (AvgIpc) is 2.99. The summed E-state index contributed by atoms with van der Waals surface area (Å²) >= 11 is 0. The molecule has 26 heavy (non-hydrogen) atoms. The summed E-state index contributed by atoms with van der Waals surface area (Å²) in [6.45, 7) is 1.97. The van der Waals surface area contributed by atoms with Gasteiger partial charge >= 0.3 is 0 Å². The van der Waals surface area contributed by atoms with E-state index in [1.165, 1.54) is 0 Å².